The van der Waals surface area contributed by atoms with E-state index in [9.17, 15) is 8.78 Å². The molecule has 164 valence electrons. The minimum atomic E-state index is -0.590. The largest absolute Gasteiger partial charge is 0.483 e. The van der Waals surface area contributed by atoms with Gasteiger partial charge in [0.2, 0.25) is 0 Å². The van der Waals surface area contributed by atoms with E-state index in [-0.39, 0.29) is 18.3 Å². The van der Waals surface area contributed by atoms with Gasteiger partial charge in [0, 0.05) is 0 Å². The zero-order valence-corrected chi connectivity index (χ0v) is 18.1. The summed E-state index contributed by atoms with van der Waals surface area (Å²) >= 11 is 0. The van der Waals surface area contributed by atoms with Crippen LogP contribution in [0.2, 0.25) is 0 Å². The molecule has 30 heavy (non-hydrogen) atoms. The molecule has 4 atom stereocenters. The third kappa shape index (κ3) is 4.65. The van der Waals surface area contributed by atoms with E-state index in [0.717, 1.165) is 42.1 Å². The number of fused-ring (bicyclic) bond motifs is 1. The lowest BCUT2D eigenvalue weighted by Gasteiger charge is -2.45. The Morgan fingerprint density at radius 3 is 2.00 bits per heavy atom. The van der Waals surface area contributed by atoms with E-state index in [2.05, 4.69) is 19.2 Å². The molecule has 3 fully saturated rings. The van der Waals surface area contributed by atoms with Gasteiger partial charge in [-0.2, -0.15) is 0 Å². The van der Waals surface area contributed by atoms with Crippen LogP contribution in [0.1, 0.15) is 75.7 Å². The van der Waals surface area contributed by atoms with Crippen LogP contribution in [0.15, 0.2) is 37.4 Å². The molecule has 0 amide bonds. The highest BCUT2D eigenvalue weighted by Gasteiger charge is 2.39. The first-order valence-electron chi connectivity index (χ1n) is 11.9. The molecule has 0 N–H and O–H groups in total. The summed E-state index contributed by atoms with van der Waals surface area (Å²) in [6.07, 6.45) is 16.4. The Hall–Kier alpha value is -1.64. The molecule has 0 aliphatic heterocycles. The van der Waals surface area contributed by atoms with Crippen LogP contribution in [0.4, 0.5) is 8.78 Å². The Morgan fingerprint density at radius 1 is 0.800 bits per heavy atom. The standard InChI is InChI=1S/C27H36F2O/c1-3-13-30-27-25(28)16-24(17-26(27)29)23-12-11-21-14-20(9-10-22(21)15-23)19-7-5-18(4-2)6-8-19/h3-4,16-23H,1-2,5-15H2. The Morgan fingerprint density at radius 2 is 1.37 bits per heavy atom. The van der Waals surface area contributed by atoms with E-state index < -0.39 is 11.6 Å². The number of ether oxygens (including phenoxy) is 1. The summed E-state index contributed by atoms with van der Waals surface area (Å²) in [6, 6.07) is 2.99. The second-order valence-electron chi connectivity index (χ2n) is 9.93. The van der Waals surface area contributed by atoms with Crippen LogP contribution in [0.3, 0.4) is 0 Å². The predicted molar refractivity (Wildman–Crippen MR) is 119 cm³/mol. The number of hydrogen-bond acceptors (Lipinski definition) is 1. The number of allylic oxidation sites excluding steroid dienone is 1. The lowest BCUT2D eigenvalue weighted by atomic mass is 9.60. The molecule has 4 unspecified atom stereocenters. The first-order valence-corrected chi connectivity index (χ1v) is 11.9. The van der Waals surface area contributed by atoms with Crippen molar-refractivity contribution in [3.8, 4) is 5.75 Å². The zero-order valence-electron chi connectivity index (χ0n) is 18.1. The second-order valence-corrected chi connectivity index (χ2v) is 9.93. The summed E-state index contributed by atoms with van der Waals surface area (Å²) in [5, 5.41) is 0. The van der Waals surface area contributed by atoms with Crippen molar-refractivity contribution in [1.82, 2.24) is 0 Å². The Kier molecular flexibility index (Phi) is 6.95. The van der Waals surface area contributed by atoms with E-state index in [1.165, 1.54) is 69.6 Å². The van der Waals surface area contributed by atoms with E-state index >= 15 is 0 Å². The molecule has 3 heteroatoms. The van der Waals surface area contributed by atoms with Crippen LogP contribution in [0.5, 0.6) is 5.75 Å². The average Bonchev–Trinajstić information content (AvgIpc) is 2.78. The number of benzene rings is 1. The van der Waals surface area contributed by atoms with Gasteiger partial charge in [-0.1, -0.05) is 18.7 Å². The summed E-state index contributed by atoms with van der Waals surface area (Å²) in [5.41, 5.74) is 0.805. The van der Waals surface area contributed by atoms with Crippen molar-refractivity contribution in [1.29, 1.82) is 0 Å². The topological polar surface area (TPSA) is 9.23 Å². The third-order valence-electron chi connectivity index (χ3n) is 8.31. The molecule has 3 aliphatic carbocycles. The van der Waals surface area contributed by atoms with Crippen molar-refractivity contribution in [3.63, 3.8) is 0 Å². The molecular weight excluding hydrogens is 378 g/mol. The van der Waals surface area contributed by atoms with Crippen molar-refractivity contribution in [2.45, 2.75) is 70.1 Å². The molecule has 0 heterocycles. The molecular formula is C27H36F2O. The highest BCUT2D eigenvalue weighted by Crippen LogP contribution is 2.51. The zero-order chi connectivity index (χ0) is 21.1. The van der Waals surface area contributed by atoms with Gasteiger partial charge in [0.25, 0.3) is 0 Å². The SMILES string of the molecule is C=CCOc1c(F)cc(C2CCC3CC(C4CCC(C=C)CC4)CCC3C2)cc1F. The third-order valence-corrected chi connectivity index (χ3v) is 8.31. The highest BCUT2D eigenvalue weighted by molar-refractivity contribution is 5.33. The molecule has 0 saturated heterocycles. The monoisotopic (exact) mass is 414 g/mol. The van der Waals surface area contributed by atoms with E-state index in [1.54, 1.807) is 0 Å². The normalized spacial score (nSPS) is 34.1. The lowest BCUT2D eigenvalue weighted by molar-refractivity contribution is 0.0747. The van der Waals surface area contributed by atoms with Crippen molar-refractivity contribution >= 4 is 0 Å². The minimum absolute atomic E-state index is 0.108. The Balaban J connectivity index is 1.35. The van der Waals surface area contributed by atoms with Crippen molar-refractivity contribution < 1.29 is 13.5 Å². The summed E-state index contributed by atoms with van der Waals surface area (Å²) in [6.45, 7) is 7.62. The molecule has 1 nitrogen and oxygen atoms in total. The van der Waals surface area contributed by atoms with Gasteiger partial charge in [-0.25, -0.2) is 8.78 Å². The van der Waals surface area contributed by atoms with E-state index in [0.29, 0.717) is 5.92 Å². The van der Waals surface area contributed by atoms with Crippen LogP contribution in [-0.4, -0.2) is 6.61 Å². The molecule has 3 saturated carbocycles. The van der Waals surface area contributed by atoms with Gasteiger partial charge in [-0.3, -0.25) is 0 Å². The van der Waals surface area contributed by atoms with E-state index in [1.807, 2.05) is 0 Å². The maximum Gasteiger partial charge on any atom is 0.191 e. The van der Waals surface area contributed by atoms with Crippen molar-refractivity contribution in [2.24, 2.45) is 29.6 Å². The Labute approximate surface area is 180 Å². The Bertz CT molecular complexity index is 726. The fraction of sp³-hybridized carbons (Fsp3) is 0.630. The molecule has 0 spiro atoms. The number of rotatable bonds is 6. The first-order chi connectivity index (χ1) is 14.6. The molecule has 4 rings (SSSR count). The lowest BCUT2D eigenvalue weighted by Crippen LogP contribution is -2.34. The van der Waals surface area contributed by atoms with Gasteiger partial charge in [-0.05, 0) is 117 Å². The second kappa shape index (κ2) is 9.66. The van der Waals surface area contributed by atoms with Crippen LogP contribution < -0.4 is 4.74 Å². The van der Waals surface area contributed by atoms with Gasteiger partial charge in [-0.15, -0.1) is 6.58 Å². The quantitative estimate of drug-likeness (QED) is 0.431. The van der Waals surface area contributed by atoms with Gasteiger partial charge >= 0.3 is 0 Å². The van der Waals surface area contributed by atoms with Gasteiger partial charge in [0.15, 0.2) is 17.4 Å². The molecule has 3 aliphatic rings. The molecule has 0 radical (unpaired) electrons. The maximum absolute atomic E-state index is 14.4. The van der Waals surface area contributed by atoms with Crippen LogP contribution in [-0.2, 0) is 0 Å². The van der Waals surface area contributed by atoms with Crippen molar-refractivity contribution in [3.05, 3.63) is 54.6 Å². The van der Waals surface area contributed by atoms with Crippen molar-refractivity contribution in [2.75, 3.05) is 6.61 Å². The predicted octanol–water partition coefficient (Wildman–Crippen LogP) is 7.82. The minimum Gasteiger partial charge on any atom is -0.483 e. The maximum atomic E-state index is 14.4. The number of hydrogen-bond donors (Lipinski definition) is 0. The summed E-state index contributed by atoms with van der Waals surface area (Å²) < 4.78 is 34.0. The van der Waals surface area contributed by atoms with Crippen LogP contribution in [0, 0.1) is 41.2 Å². The van der Waals surface area contributed by atoms with Crippen LogP contribution in [0.25, 0.3) is 0 Å². The smallest absolute Gasteiger partial charge is 0.191 e. The average molecular weight is 415 g/mol. The highest BCUT2D eigenvalue weighted by atomic mass is 19.1. The van der Waals surface area contributed by atoms with E-state index in [4.69, 9.17) is 4.74 Å². The van der Waals surface area contributed by atoms with Gasteiger partial charge in [0.05, 0.1) is 0 Å². The molecule has 0 bridgehead atoms. The number of halogens is 2. The summed E-state index contributed by atoms with van der Waals surface area (Å²) in [4.78, 5) is 0. The molecule has 0 aromatic heterocycles. The van der Waals surface area contributed by atoms with Gasteiger partial charge in [0.1, 0.15) is 6.61 Å². The fourth-order valence-corrected chi connectivity index (χ4v) is 6.60. The summed E-state index contributed by atoms with van der Waals surface area (Å²) in [7, 11) is 0. The van der Waals surface area contributed by atoms with Gasteiger partial charge < -0.3 is 4.74 Å². The fourth-order valence-electron chi connectivity index (χ4n) is 6.60. The van der Waals surface area contributed by atoms with Crippen LogP contribution >= 0.6 is 0 Å². The first kappa shape index (κ1) is 21.6. The molecule has 1 aromatic rings. The molecule has 1 aromatic carbocycles. The summed E-state index contributed by atoms with van der Waals surface area (Å²) in [5.74, 6) is 2.87.